The number of hydrogen-bond acceptors (Lipinski definition) is 4. The van der Waals surface area contributed by atoms with Gasteiger partial charge in [-0.05, 0) is 12.1 Å². The second-order valence-corrected chi connectivity index (χ2v) is 4.75. The molecule has 2 heterocycles. The van der Waals surface area contributed by atoms with E-state index in [1.807, 2.05) is 4.90 Å². The molecule has 1 unspecified atom stereocenters. The Balaban J connectivity index is 2.36. The maximum Gasteiger partial charge on any atom is 0.275 e. The molecule has 0 saturated carbocycles. The van der Waals surface area contributed by atoms with Crippen molar-refractivity contribution in [3.63, 3.8) is 0 Å². The molecule has 1 fully saturated rings. The van der Waals surface area contributed by atoms with Gasteiger partial charge in [-0.25, -0.2) is 0 Å². The fourth-order valence-electron chi connectivity index (χ4n) is 2.07. The van der Waals surface area contributed by atoms with Crippen molar-refractivity contribution in [3.05, 3.63) is 30.1 Å². The summed E-state index contributed by atoms with van der Waals surface area (Å²) < 4.78 is 0. The quantitative estimate of drug-likeness (QED) is 0.487. The summed E-state index contributed by atoms with van der Waals surface area (Å²) in [6.45, 7) is 2.93. The van der Waals surface area contributed by atoms with Crippen LogP contribution in [0.4, 0.5) is 0 Å². The average molecular weight is 289 g/mol. The lowest BCUT2D eigenvalue weighted by Crippen LogP contribution is -2.57. The molecule has 0 aromatic carbocycles. The van der Waals surface area contributed by atoms with Crippen LogP contribution in [0.2, 0.25) is 0 Å². The van der Waals surface area contributed by atoms with E-state index in [1.54, 1.807) is 24.5 Å². The van der Waals surface area contributed by atoms with Gasteiger partial charge in [0, 0.05) is 55.9 Å². The second kappa shape index (κ2) is 5.84. The normalized spacial score (nSPS) is 20.1. The molecule has 98 valence electrons. The van der Waals surface area contributed by atoms with Crippen LogP contribution in [-0.2, 0) is 9.79 Å². The minimum Gasteiger partial charge on any atom is -0.314 e. The molecule has 2 rings (SSSR count). The highest BCUT2D eigenvalue weighted by atomic mass is 35.5. The van der Waals surface area contributed by atoms with Crippen LogP contribution in [-0.4, -0.2) is 42.0 Å². The van der Waals surface area contributed by atoms with Crippen LogP contribution < -0.4 is 10.2 Å². The highest BCUT2D eigenvalue weighted by molar-refractivity contribution is 6.37. The van der Waals surface area contributed by atoms with Crippen LogP contribution in [0.5, 0.6) is 0 Å². The van der Waals surface area contributed by atoms with Gasteiger partial charge in [-0.15, -0.1) is 0 Å². The van der Waals surface area contributed by atoms with Crippen molar-refractivity contribution in [2.45, 2.75) is 5.00 Å². The molecule has 0 bridgehead atoms. The predicted octanol–water partition coefficient (Wildman–Crippen LogP) is 0.648. The number of aromatic nitrogens is 1. The Kier molecular flexibility index (Phi) is 4.40. The number of rotatable bonds is 3. The molecule has 1 saturated heterocycles. The van der Waals surface area contributed by atoms with E-state index in [4.69, 9.17) is 23.4 Å². The van der Waals surface area contributed by atoms with E-state index in [1.165, 1.54) is 0 Å². The lowest BCUT2D eigenvalue weighted by atomic mass is 10.0. The van der Waals surface area contributed by atoms with Crippen LogP contribution >= 0.6 is 23.4 Å². The fraction of sp³-hybridized carbons (Fsp3) is 0.455. The minimum atomic E-state index is -1.28. The SMILES string of the molecule is O=C(NCl)C(Cl)(c1ccncc1)N1CCNCC1. The first kappa shape index (κ1) is 13.5. The molecule has 0 aliphatic carbocycles. The lowest BCUT2D eigenvalue weighted by molar-refractivity contribution is -0.127. The molecule has 1 amide bonds. The molecule has 0 spiro atoms. The number of amides is 1. The molecular weight excluding hydrogens is 275 g/mol. The maximum atomic E-state index is 12.1. The van der Waals surface area contributed by atoms with Crippen LogP contribution in [0.25, 0.3) is 0 Å². The van der Waals surface area contributed by atoms with Crippen molar-refractivity contribution >= 4 is 29.3 Å². The van der Waals surface area contributed by atoms with Gasteiger partial charge in [0.2, 0.25) is 5.00 Å². The minimum absolute atomic E-state index is 0.445. The van der Waals surface area contributed by atoms with Crippen molar-refractivity contribution in [1.29, 1.82) is 0 Å². The van der Waals surface area contributed by atoms with Crippen LogP contribution in [0.15, 0.2) is 24.5 Å². The summed E-state index contributed by atoms with van der Waals surface area (Å²) in [6, 6.07) is 3.45. The fourth-order valence-corrected chi connectivity index (χ4v) is 2.59. The Morgan fingerprint density at radius 1 is 1.39 bits per heavy atom. The lowest BCUT2D eigenvalue weighted by Gasteiger charge is -2.39. The number of carbonyl (C=O) groups is 1. The first-order chi connectivity index (χ1) is 8.69. The van der Waals surface area contributed by atoms with Gasteiger partial charge >= 0.3 is 0 Å². The van der Waals surface area contributed by atoms with E-state index in [9.17, 15) is 4.79 Å². The van der Waals surface area contributed by atoms with E-state index in [-0.39, 0.29) is 0 Å². The van der Waals surface area contributed by atoms with Crippen molar-refractivity contribution in [1.82, 2.24) is 20.0 Å². The van der Waals surface area contributed by atoms with Gasteiger partial charge in [0.1, 0.15) is 0 Å². The summed E-state index contributed by atoms with van der Waals surface area (Å²) in [5.74, 6) is -0.445. The number of alkyl halides is 1. The molecule has 1 aromatic heterocycles. The van der Waals surface area contributed by atoms with Gasteiger partial charge < -0.3 is 5.32 Å². The summed E-state index contributed by atoms with van der Waals surface area (Å²) in [4.78, 5) is 18.7. The standard InChI is InChI=1S/C11H14Cl2N4O/c12-11(10(18)16-13,9-1-3-14-4-2-9)17-7-5-15-6-8-17/h1-4,15H,5-8H2,(H,16,18). The monoisotopic (exact) mass is 288 g/mol. The van der Waals surface area contributed by atoms with Crippen LogP contribution in [0.3, 0.4) is 0 Å². The number of pyridine rings is 1. The number of carbonyl (C=O) groups excluding carboxylic acids is 1. The summed E-state index contributed by atoms with van der Waals surface area (Å²) in [7, 11) is 0. The molecule has 0 radical (unpaired) electrons. The van der Waals surface area contributed by atoms with E-state index < -0.39 is 10.9 Å². The summed E-state index contributed by atoms with van der Waals surface area (Å²) in [5.41, 5.74) is 0.666. The highest BCUT2D eigenvalue weighted by Crippen LogP contribution is 2.33. The Morgan fingerprint density at radius 3 is 2.56 bits per heavy atom. The van der Waals surface area contributed by atoms with E-state index >= 15 is 0 Å². The zero-order valence-corrected chi connectivity index (χ0v) is 11.2. The third-order valence-electron chi connectivity index (χ3n) is 3.00. The average Bonchev–Trinajstić information content (AvgIpc) is 2.47. The molecule has 1 atom stereocenters. The number of nitrogens with zero attached hydrogens (tertiary/aromatic N) is 2. The summed E-state index contributed by atoms with van der Waals surface area (Å²) in [5, 5.41) is 3.22. The van der Waals surface area contributed by atoms with Gasteiger partial charge in [-0.1, -0.05) is 11.6 Å². The summed E-state index contributed by atoms with van der Waals surface area (Å²) in [6.07, 6.45) is 3.21. The topological polar surface area (TPSA) is 57.3 Å². The predicted molar refractivity (Wildman–Crippen MR) is 70.2 cm³/mol. The van der Waals surface area contributed by atoms with Crippen molar-refractivity contribution < 1.29 is 4.79 Å². The van der Waals surface area contributed by atoms with Gasteiger partial charge in [0.25, 0.3) is 5.91 Å². The van der Waals surface area contributed by atoms with Gasteiger partial charge in [-0.2, -0.15) is 0 Å². The first-order valence-electron chi connectivity index (χ1n) is 5.66. The Bertz CT molecular complexity index is 411. The molecule has 5 nitrogen and oxygen atoms in total. The van der Waals surface area contributed by atoms with Crippen LogP contribution in [0.1, 0.15) is 5.56 Å². The van der Waals surface area contributed by atoms with Crippen molar-refractivity contribution in [3.8, 4) is 0 Å². The Morgan fingerprint density at radius 2 is 2.00 bits per heavy atom. The van der Waals surface area contributed by atoms with Gasteiger partial charge in [0.15, 0.2) is 0 Å². The highest BCUT2D eigenvalue weighted by Gasteiger charge is 2.44. The van der Waals surface area contributed by atoms with E-state index in [2.05, 4.69) is 15.1 Å². The zero-order chi connectivity index (χ0) is 13.0. The number of hydrogen-bond donors (Lipinski definition) is 2. The first-order valence-corrected chi connectivity index (χ1v) is 6.41. The molecule has 1 aliphatic heterocycles. The largest absolute Gasteiger partial charge is 0.314 e. The number of nitrogens with one attached hydrogen (secondary N) is 2. The smallest absolute Gasteiger partial charge is 0.275 e. The summed E-state index contributed by atoms with van der Waals surface area (Å²) >= 11 is 12.0. The Labute approximate surface area is 116 Å². The molecular formula is C11H14Cl2N4O. The van der Waals surface area contributed by atoms with Crippen LogP contribution in [0, 0.1) is 0 Å². The van der Waals surface area contributed by atoms with Crippen molar-refractivity contribution in [2.24, 2.45) is 0 Å². The Hall–Kier alpha value is -0.880. The van der Waals surface area contributed by atoms with E-state index in [0.717, 1.165) is 13.1 Å². The number of halogens is 2. The second-order valence-electron chi connectivity index (χ2n) is 4.02. The molecule has 1 aliphatic rings. The molecule has 7 heteroatoms. The van der Waals surface area contributed by atoms with Gasteiger partial charge in [-0.3, -0.25) is 19.5 Å². The zero-order valence-electron chi connectivity index (χ0n) is 9.70. The number of piperazine rings is 1. The molecule has 2 N–H and O–H groups in total. The maximum absolute atomic E-state index is 12.1. The third-order valence-corrected chi connectivity index (χ3v) is 3.80. The van der Waals surface area contributed by atoms with E-state index in [0.29, 0.717) is 18.7 Å². The van der Waals surface area contributed by atoms with Gasteiger partial charge in [0.05, 0.1) is 0 Å². The molecule has 1 aromatic rings. The van der Waals surface area contributed by atoms with Crippen molar-refractivity contribution in [2.75, 3.05) is 26.2 Å². The third kappa shape index (κ3) is 2.44. The molecule has 18 heavy (non-hydrogen) atoms.